The van der Waals surface area contributed by atoms with E-state index >= 15 is 0 Å². The molecule has 0 amide bonds. The summed E-state index contributed by atoms with van der Waals surface area (Å²) in [6.07, 6.45) is 9.35. The number of hydrogen-bond acceptors (Lipinski definition) is 1. The van der Waals surface area contributed by atoms with Crippen LogP contribution in [0.2, 0.25) is 0 Å². The predicted octanol–water partition coefficient (Wildman–Crippen LogP) is 5.24. The summed E-state index contributed by atoms with van der Waals surface area (Å²) in [6.45, 7) is 6.63. The van der Waals surface area contributed by atoms with Crippen molar-refractivity contribution < 1.29 is 4.74 Å². The van der Waals surface area contributed by atoms with E-state index in [0.29, 0.717) is 5.92 Å². The molecule has 18 heavy (non-hydrogen) atoms. The lowest BCUT2D eigenvalue weighted by Crippen LogP contribution is -2.00. The maximum absolute atomic E-state index is 5.27. The lowest BCUT2D eigenvalue weighted by Gasteiger charge is -2.18. The first-order valence-corrected chi connectivity index (χ1v) is 7.02. The van der Waals surface area contributed by atoms with Gasteiger partial charge in [0, 0.05) is 0 Å². The summed E-state index contributed by atoms with van der Waals surface area (Å²) < 4.78 is 5.27. The van der Waals surface area contributed by atoms with E-state index in [0.717, 1.165) is 18.6 Å². The molecule has 0 radical (unpaired) electrons. The van der Waals surface area contributed by atoms with Crippen LogP contribution in [0.3, 0.4) is 0 Å². The minimum atomic E-state index is 0.642. The quantitative estimate of drug-likeness (QED) is 0.597. The SMILES string of the molecule is CC/C=C\CC(CCC)c1ccc(OC)cc1C. The molecule has 0 saturated heterocycles. The molecule has 1 heteroatoms. The van der Waals surface area contributed by atoms with Crippen molar-refractivity contribution in [1.82, 2.24) is 0 Å². The summed E-state index contributed by atoms with van der Waals surface area (Å²) >= 11 is 0. The van der Waals surface area contributed by atoms with Crippen molar-refractivity contribution in [3.8, 4) is 5.75 Å². The molecule has 0 aromatic heterocycles. The Morgan fingerprint density at radius 3 is 2.56 bits per heavy atom. The minimum absolute atomic E-state index is 0.642. The number of hydrogen-bond donors (Lipinski definition) is 0. The third kappa shape index (κ3) is 4.21. The number of rotatable bonds is 7. The van der Waals surface area contributed by atoms with E-state index in [4.69, 9.17) is 4.74 Å². The van der Waals surface area contributed by atoms with Crippen molar-refractivity contribution in [2.24, 2.45) is 0 Å². The van der Waals surface area contributed by atoms with E-state index in [1.807, 2.05) is 0 Å². The van der Waals surface area contributed by atoms with Crippen molar-refractivity contribution >= 4 is 0 Å². The zero-order chi connectivity index (χ0) is 13.4. The fourth-order valence-electron chi connectivity index (χ4n) is 2.41. The van der Waals surface area contributed by atoms with Crippen molar-refractivity contribution in [1.29, 1.82) is 0 Å². The first kappa shape index (κ1) is 14.8. The van der Waals surface area contributed by atoms with Crippen LogP contribution in [-0.4, -0.2) is 7.11 Å². The van der Waals surface area contributed by atoms with E-state index in [2.05, 4.69) is 51.1 Å². The molecule has 0 fully saturated rings. The third-order valence-corrected chi connectivity index (χ3v) is 3.38. The third-order valence-electron chi connectivity index (χ3n) is 3.38. The van der Waals surface area contributed by atoms with Gasteiger partial charge in [0.05, 0.1) is 7.11 Å². The van der Waals surface area contributed by atoms with Crippen molar-refractivity contribution in [2.45, 2.75) is 52.4 Å². The Labute approximate surface area is 112 Å². The lowest BCUT2D eigenvalue weighted by molar-refractivity contribution is 0.414. The maximum Gasteiger partial charge on any atom is 0.119 e. The Balaban J connectivity index is 2.87. The summed E-state index contributed by atoms with van der Waals surface area (Å²) in [5, 5.41) is 0. The smallest absolute Gasteiger partial charge is 0.119 e. The number of ether oxygens (including phenoxy) is 1. The molecule has 1 aromatic carbocycles. The molecule has 0 aliphatic carbocycles. The molecule has 0 bridgehead atoms. The fraction of sp³-hybridized carbons (Fsp3) is 0.529. The molecular formula is C17H26O. The van der Waals surface area contributed by atoms with Gasteiger partial charge in [0.25, 0.3) is 0 Å². The fourth-order valence-corrected chi connectivity index (χ4v) is 2.41. The van der Waals surface area contributed by atoms with Gasteiger partial charge in [-0.2, -0.15) is 0 Å². The van der Waals surface area contributed by atoms with Crippen LogP contribution in [0.15, 0.2) is 30.4 Å². The van der Waals surface area contributed by atoms with Gasteiger partial charge >= 0.3 is 0 Å². The van der Waals surface area contributed by atoms with E-state index in [1.54, 1.807) is 7.11 Å². The van der Waals surface area contributed by atoms with E-state index in [-0.39, 0.29) is 0 Å². The van der Waals surface area contributed by atoms with Gasteiger partial charge in [-0.15, -0.1) is 0 Å². The van der Waals surface area contributed by atoms with Crippen LogP contribution in [0.5, 0.6) is 5.75 Å². The number of aryl methyl sites for hydroxylation is 1. The van der Waals surface area contributed by atoms with Crippen molar-refractivity contribution in [3.05, 3.63) is 41.5 Å². The number of methoxy groups -OCH3 is 1. The first-order chi connectivity index (χ1) is 8.72. The Morgan fingerprint density at radius 1 is 1.22 bits per heavy atom. The highest BCUT2D eigenvalue weighted by Crippen LogP contribution is 2.30. The summed E-state index contributed by atoms with van der Waals surface area (Å²) in [7, 11) is 1.72. The first-order valence-electron chi connectivity index (χ1n) is 7.02. The van der Waals surface area contributed by atoms with E-state index in [9.17, 15) is 0 Å². The number of allylic oxidation sites excluding steroid dienone is 2. The van der Waals surface area contributed by atoms with Gasteiger partial charge in [-0.3, -0.25) is 0 Å². The van der Waals surface area contributed by atoms with Crippen LogP contribution in [0.4, 0.5) is 0 Å². The van der Waals surface area contributed by atoms with Gasteiger partial charge in [0.1, 0.15) is 5.75 Å². The summed E-state index contributed by atoms with van der Waals surface area (Å²) in [5.74, 6) is 1.60. The van der Waals surface area contributed by atoms with Gasteiger partial charge < -0.3 is 4.74 Å². The topological polar surface area (TPSA) is 9.23 Å². The van der Waals surface area contributed by atoms with Gasteiger partial charge in [0.15, 0.2) is 0 Å². The molecule has 1 atom stereocenters. The normalized spacial score (nSPS) is 12.9. The van der Waals surface area contributed by atoms with Crippen LogP contribution in [0.1, 0.15) is 56.6 Å². The molecule has 100 valence electrons. The lowest BCUT2D eigenvalue weighted by atomic mass is 9.88. The largest absolute Gasteiger partial charge is 0.497 e. The second-order valence-electron chi connectivity index (χ2n) is 4.82. The molecule has 0 aliphatic rings. The standard InChI is InChI=1S/C17H26O/c1-5-7-8-10-15(9-6-2)17-12-11-16(18-4)13-14(17)3/h7-8,11-13,15H,5-6,9-10H2,1-4H3/b8-7-. The molecule has 0 spiro atoms. The summed E-state index contributed by atoms with van der Waals surface area (Å²) in [4.78, 5) is 0. The second-order valence-corrected chi connectivity index (χ2v) is 4.82. The Bertz CT molecular complexity index is 379. The van der Waals surface area contributed by atoms with Gasteiger partial charge in [-0.1, -0.05) is 38.5 Å². The average molecular weight is 246 g/mol. The van der Waals surface area contributed by atoms with E-state index < -0.39 is 0 Å². The Morgan fingerprint density at radius 2 is 2.00 bits per heavy atom. The maximum atomic E-state index is 5.27. The highest BCUT2D eigenvalue weighted by Gasteiger charge is 2.12. The Kier molecular flexibility index (Phi) is 6.56. The summed E-state index contributed by atoms with van der Waals surface area (Å²) in [6, 6.07) is 6.45. The van der Waals surface area contributed by atoms with Gasteiger partial charge in [-0.25, -0.2) is 0 Å². The minimum Gasteiger partial charge on any atom is -0.497 e. The summed E-state index contributed by atoms with van der Waals surface area (Å²) in [5.41, 5.74) is 2.82. The predicted molar refractivity (Wildman–Crippen MR) is 79.4 cm³/mol. The van der Waals surface area contributed by atoms with Crippen LogP contribution < -0.4 is 4.74 Å². The molecular weight excluding hydrogens is 220 g/mol. The highest BCUT2D eigenvalue weighted by atomic mass is 16.5. The highest BCUT2D eigenvalue weighted by molar-refractivity contribution is 5.37. The average Bonchev–Trinajstić information content (AvgIpc) is 2.38. The molecule has 0 aliphatic heterocycles. The van der Waals surface area contributed by atoms with Gasteiger partial charge in [-0.05, 0) is 55.4 Å². The van der Waals surface area contributed by atoms with Crippen LogP contribution in [-0.2, 0) is 0 Å². The molecule has 0 N–H and O–H groups in total. The molecule has 1 rings (SSSR count). The zero-order valence-electron chi connectivity index (χ0n) is 12.2. The second kappa shape index (κ2) is 7.97. The Hall–Kier alpha value is -1.24. The molecule has 1 aromatic rings. The van der Waals surface area contributed by atoms with Crippen LogP contribution in [0, 0.1) is 6.92 Å². The van der Waals surface area contributed by atoms with Crippen LogP contribution >= 0.6 is 0 Å². The van der Waals surface area contributed by atoms with Crippen molar-refractivity contribution in [2.75, 3.05) is 7.11 Å². The molecule has 0 saturated carbocycles. The molecule has 1 nitrogen and oxygen atoms in total. The zero-order valence-corrected chi connectivity index (χ0v) is 12.2. The number of benzene rings is 1. The van der Waals surface area contributed by atoms with Crippen LogP contribution in [0.25, 0.3) is 0 Å². The molecule has 0 heterocycles. The van der Waals surface area contributed by atoms with E-state index in [1.165, 1.54) is 24.0 Å². The van der Waals surface area contributed by atoms with Crippen molar-refractivity contribution in [3.63, 3.8) is 0 Å². The monoisotopic (exact) mass is 246 g/mol. The molecule has 1 unspecified atom stereocenters. The van der Waals surface area contributed by atoms with Gasteiger partial charge in [0.2, 0.25) is 0 Å².